The number of benzene rings is 1. The summed E-state index contributed by atoms with van der Waals surface area (Å²) in [5.41, 5.74) is 0.932. The van der Waals surface area contributed by atoms with Gasteiger partial charge in [-0.1, -0.05) is 23.2 Å². The predicted molar refractivity (Wildman–Crippen MR) is 55.3 cm³/mol. The predicted octanol–water partition coefficient (Wildman–Crippen LogP) is 4.47. The van der Waals surface area contributed by atoms with Crippen molar-refractivity contribution in [1.82, 2.24) is 0 Å². The third-order valence-electron chi connectivity index (χ3n) is 1.55. The Balaban J connectivity index is 3.18. The lowest BCUT2D eigenvalue weighted by Gasteiger charge is -2.16. The fourth-order valence-electron chi connectivity index (χ4n) is 0.897. The number of alkyl halides is 1. The monoisotopic (exact) mass is 222 g/mol. The van der Waals surface area contributed by atoms with Crippen molar-refractivity contribution in [2.75, 3.05) is 0 Å². The van der Waals surface area contributed by atoms with Gasteiger partial charge in [0.25, 0.3) is 0 Å². The Kier molecular flexibility index (Phi) is 2.92. The van der Waals surface area contributed by atoms with Crippen LogP contribution < -0.4 is 0 Å². The molecule has 0 nitrogen and oxygen atoms in total. The summed E-state index contributed by atoms with van der Waals surface area (Å²) in [6.07, 6.45) is 0. The Morgan fingerprint density at radius 3 is 1.75 bits per heavy atom. The molecule has 0 bridgehead atoms. The smallest absolute Gasteiger partial charge is 0.0639 e. The maximum absolute atomic E-state index is 6.09. The second kappa shape index (κ2) is 3.45. The van der Waals surface area contributed by atoms with E-state index in [0.29, 0.717) is 10.0 Å². The molecule has 0 N–H and O–H groups in total. The van der Waals surface area contributed by atoms with Gasteiger partial charge in [0.2, 0.25) is 0 Å². The summed E-state index contributed by atoms with van der Waals surface area (Å²) in [5.74, 6) is 0. The van der Waals surface area contributed by atoms with Gasteiger partial charge in [0, 0.05) is 10.0 Å². The molecule has 0 aromatic heterocycles. The highest BCUT2D eigenvalue weighted by Crippen LogP contribution is 2.31. The molecular formula is C9H9Cl3. The molecular weight excluding hydrogens is 214 g/mol. The standard InChI is InChI=1S/C9H9Cl3/c1-9(2,12)6-3-7(10)5-8(11)4-6/h3-5H,1-2H3. The van der Waals surface area contributed by atoms with Crippen LogP contribution in [-0.2, 0) is 4.87 Å². The van der Waals surface area contributed by atoms with Crippen LogP contribution in [0.1, 0.15) is 19.4 Å². The molecule has 0 saturated heterocycles. The van der Waals surface area contributed by atoms with E-state index in [1.165, 1.54) is 0 Å². The zero-order valence-corrected chi connectivity index (χ0v) is 9.13. The lowest BCUT2D eigenvalue weighted by Crippen LogP contribution is -2.06. The van der Waals surface area contributed by atoms with Gasteiger partial charge < -0.3 is 0 Å². The first-order valence-electron chi connectivity index (χ1n) is 3.55. The van der Waals surface area contributed by atoms with E-state index in [1.807, 2.05) is 26.0 Å². The molecule has 0 fully saturated rings. The van der Waals surface area contributed by atoms with Crippen molar-refractivity contribution in [3.8, 4) is 0 Å². The summed E-state index contributed by atoms with van der Waals surface area (Å²) in [6.45, 7) is 3.80. The molecule has 0 spiro atoms. The van der Waals surface area contributed by atoms with E-state index in [4.69, 9.17) is 34.8 Å². The maximum atomic E-state index is 6.09. The summed E-state index contributed by atoms with van der Waals surface area (Å²) in [7, 11) is 0. The molecule has 1 aromatic carbocycles. The average molecular weight is 224 g/mol. The van der Waals surface area contributed by atoms with Gasteiger partial charge in [0.1, 0.15) is 0 Å². The minimum atomic E-state index is -0.422. The Morgan fingerprint density at radius 1 is 1.00 bits per heavy atom. The zero-order chi connectivity index (χ0) is 9.35. The van der Waals surface area contributed by atoms with Gasteiger partial charge in [0.05, 0.1) is 4.87 Å². The van der Waals surface area contributed by atoms with E-state index < -0.39 is 4.87 Å². The fraction of sp³-hybridized carbons (Fsp3) is 0.333. The SMILES string of the molecule is CC(C)(Cl)c1cc(Cl)cc(Cl)c1. The normalized spacial score (nSPS) is 11.8. The first-order valence-corrected chi connectivity index (χ1v) is 4.68. The quantitative estimate of drug-likeness (QED) is 0.616. The second-order valence-electron chi connectivity index (χ2n) is 3.13. The van der Waals surface area contributed by atoms with E-state index in [2.05, 4.69) is 0 Å². The topological polar surface area (TPSA) is 0 Å². The third kappa shape index (κ3) is 2.55. The number of rotatable bonds is 1. The molecule has 12 heavy (non-hydrogen) atoms. The minimum Gasteiger partial charge on any atom is -0.115 e. The van der Waals surface area contributed by atoms with Crippen LogP contribution in [0.25, 0.3) is 0 Å². The van der Waals surface area contributed by atoms with Crippen LogP contribution in [0, 0.1) is 0 Å². The van der Waals surface area contributed by atoms with Crippen molar-refractivity contribution >= 4 is 34.8 Å². The Bertz CT molecular complexity index is 266. The third-order valence-corrected chi connectivity index (χ3v) is 2.20. The van der Waals surface area contributed by atoms with Gasteiger partial charge in [-0.15, -0.1) is 11.6 Å². The highest BCUT2D eigenvalue weighted by molar-refractivity contribution is 6.35. The van der Waals surface area contributed by atoms with E-state index in [0.717, 1.165) is 5.56 Å². The number of hydrogen-bond acceptors (Lipinski definition) is 0. The Labute approximate surface area is 87.4 Å². The average Bonchev–Trinajstić information content (AvgIpc) is 1.82. The molecule has 0 amide bonds. The molecule has 66 valence electrons. The molecule has 0 aliphatic heterocycles. The van der Waals surface area contributed by atoms with E-state index >= 15 is 0 Å². The Hall–Kier alpha value is 0.0900. The molecule has 3 heteroatoms. The molecule has 0 radical (unpaired) electrons. The van der Waals surface area contributed by atoms with Crippen molar-refractivity contribution in [1.29, 1.82) is 0 Å². The first-order chi connectivity index (χ1) is 5.39. The molecule has 0 atom stereocenters. The van der Waals surface area contributed by atoms with Crippen LogP contribution in [0.2, 0.25) is 10.0 Å². The van der Waals surface area contributed by atoms with Gasteiger partial charge >= 0.3 is 0 Å². The van der Waals surface area contributed by atoms with Gasteiger partial charge in [-0.3, -0.25) is 0 Å². The van der Waals surface area contributed by atoms with Crippen LogP contribution in [0.3, 0.4) is 0 Å². The van der Waals surface area contributed by atoms with Gasteiger partial charge in [-0.05, 0) is 37.6 Å². The largest absolute Gasteiger partial charge is 0.115 e. The van der Waals surface area contributed by atoms with Gasteiger partial charge in [-0.25, -0.2) is 0 Å². The van der Waals surface area contributed by atoms with Crippen molar-refractivity contribution in [3.63, 3.8) is 0 Å². The van der Waals surface area contributed by atoms with Gasteiger partial charge in [0.15, 0.2) is 0 Å². The van der Waals surface area contributed by atoms with Crippen LogP contribution in [0.5, 0.6) is 0 Å². The van der Waals surface area contributed by atoms with E-state index in [9.17, 15) is 0 Å². The van der Waals surface area contributed by atoms with Crippen molar-refractivity contribution in [2.24, 2.45) is 0 Å². The summed E-state index contributed by atoms with van der Waals surface area (Å²) < 4.78 is 0. The van der Waals surface area contributed by atoms with Crippen molar-refractivity contribution < 1.29 is 0 Å². The Morgan fingerprint density at radius 2 is 1.42 bits per heavy atom. The van der Waals surface area contributed by atoms with E-state index in [1.54, 1.807) is 6.07 Å². The molecule has 0 aliphatic carbocycles. The highest BCUT2D eigenvalue weighted by Gasteiger charge is 2.17. The first kappa shape index (κ1) is 10.2. The summed E-state index contributed by atoms with van der Waals surface area (Å²) in [5, 5.41) is 1.23. The molecule has 0 aliphatic rings. The maximum Gasteiger partial charge on any atom is 0.0639 e. The summed E-state index contributed by atoms with van der Waals surface area (Å²) >= 11 is 17.7. The minimum absolute atomic E-state index is 0.422. The number of halogens is 3. The molecule has 1 rings (SSSR count). The summed E-state index contributed by atoms with van der Waals surface area (Å²) in [6, 6.07) is 5.33. The van der Waals surface area contributed by atoms with Gasteiger partial charge in [-0.2, -0.15) is 0 Å². The van der Waals surface area contributed by atoms with Crippen LogP contribution in [-0.4, -0.2) is 0 Å². The van der Waals surface area contributed by atoms with Crippen LogP contribution in [0.4, 0.5) is 0 Å². The molecule has 0 saturated carbocycles. The molecule has 0 unspecified atom stereocenters. The highest BCUT2D eigenvalue weighted by atomic mass is 35.5. The van der Waals surface area contributed by atoms with E-state index in [-0.39, 0.29) is 0 Å². The van der Waals surface area contributed by atoms with Crippen molar-refractivity contribution in [3.05, 3.63) is 33.8 Å². The summed E-state index contributed by atoms with van der Waals surface area (Å²) in [4.78, 5) is -0.422. The number of hydrogen-bond donors (Lipinski definition) is 0. The van der Waals surface area contributed by atoms with Crippen LogP contribution in [0.15, 0.2) is 18.2 Å². The van der Waals surface area contributed by atoms with Crippen molar-refractivity contribution in [2.45, 2.75) is 18.7 Å². The van der Waals surface area contributed by atoms with Crippen LogP contribution >= 0.6 is 34.8 Å². The lowest BCUT2D eigenvalue weighted by molar-refractivity contribution is 0.766. The molecule has 1 aromatic rings. The zero-order valence-electron chi connectivity index (χ0n) is 6.87. The fourth-order valence-corrected chi connectivity index (χ4v) is 1.53. The molecule has 0 heterocycles. The lowest BCUT2D eigenvalue weighted by atomic mass is 10.0. The second-order valence-corrected chi connectivity index (χ2v) is 4.95.